The topological polar surface area (TPSA) is 50.8 Å². The van der Waals surface area contributed by atoms with Crippen LogP contribution in [0.2, 0.25) is 0 Å². The molecule has 1 amide bonds. The molecular weight excluding hydrogens is 376 g/mol. The number of anilines is 1. The van der Waals surface area contributed by atoms with E-state index in [4.69, 9.17) is 9.47 Å². The highest BCUT2D eigenvalue weighted by Gasteiger charge is 2.46. The monoisotopic (exact) mass is 402 g/mol. The Labute approximate surface area is 177 Å². The van der Waals surface area contributed by atoms with Crippen LogP contribution in [-0.2, 0) is 11.3 Å². The molecule has 1 heterocycles. The number of carbonyl (C=O) groups excluding carboxylic acids is 1. The maximum atomic E-state index is 13.1. The molecular formula is C25H26N2O3. The first-order valence-electron chi connectivity index (χ1n) is 10.1. The summed E-state index contributed by atoms with van der Waals surface area (Å²) in [7, 11) is 1.66. The lowest BCUT2D eigenvalue weighted by Crippen LogP contribution is -2.63. The van der Waals surface area contributed by atoms with Gasteiger partial charge in [-0.05, 0) is 55.3 Å². The normalized spacial score (nSPS) is 18.3. The van der Waals surface area contributed by atoms with Crippen LogP contribution in [0.3, 0.4) is 0 Å². The summed E-state index contributed by atoms with van der Waals surface area (Å²) in [6, 6.07) is 25.1. The van der Waals surface area contributed by atoms with Crippen molar-refractivity contribution in [1.82, 2.24) is 4.90 Å². The Bertz CT molecular complexity index is 1000. The van der Waals surface area contributed by atoms with Gasteiger partial charge in [0.15, 0.2) is 0 Å². The zero-order valence-electron chi connectivity index (χ0n) is 17.3. The first-order valence-corrected chi connectivity index (χ1v) is 10.1. The molecule has 0 spiro atoms. The van der Waals surface area contributed by atoms with Gasteiger partial charge >= 0.3 is 0 Å². The second-order valence-corrected chi connectivity index (χ2v) is 7.69. The number of para-hydroxylation sites is 1. The van der Waals surface area contributed by atoms with Gasteiger partial charge in [-0.3, -0.25) is 9.69 Å². The van der Waals surface area contributed by atoms with Gasteiger partial charge in [-0.15, -0.1) is 0 Å². The molecule has 1 saturated heterocycles. The molecule has 0 radical (unpaired) electrons. The molecule has 1 fully saturated rings. The van der Waals surface area contributed by atoms with E-state index in [1.807, 2.05) is 85.8 Å². The quantitative estimate of drug-likeness (QED) is 0.598. The summed E-state index contributed by atoms with van der Waals surface area (Å²) in [4.78, 5) is 15.3. The minimum atomic E-state index is -0.532. The molecule has 1 aliphatic rings. The lowest BCUT2D eigenvalue weighted by molar-refractivity contribution is -0.136. The average Bonchev–Trinajstić information content (AvgIpc) is 2.77. The Morgan fingerprint density at radius 2 is 1.70 bits per heavy atom. The molecule has 5 heteroatoms. The minimum absolute atomic E-state index is 0.000812. The highest BCUT2D eigenvalue weighted by atomic mass is 16.5. The average molecular weight is 402 g/mol. The van der Waals surface area contributed by atoms with Gasteiger partial charge in [-0.1, -0.05) is 36.4 Å². The van der Waals surface area contributed by atoms with E-state index in [1.54, 1.807) is 7.11 Å². The number of benzene rings is 3. The van der Waals surface area contributed by atoms with Gasteiger partial charge in [0.25, 0.3) is 0 Å². The minimum Gasteiger partial charge on any atom is -0.497 e. The van der Waals surface area contributed by atoms with Gasteiger partial charge in [0, 0.05) is 24.8 Å². The van der Waals surface area contributed by atoms with Crippen molar-refractivity contribution >= 4 is 11.6 Å². The van der Waals surface area contributed by atoms with E-state index in [0.29, 0.717) is 5.75 Å². The van der Waals surface area contributed by atoms with Crippen LogP contribution < -0.4 is 14.8 Å². The Morgan fingerprint density at radius 1 is 0.967 bits per heavy atom. The number of nitrogens with one attached hydrogen (secondary N) is 1. The van der Waals surface area contributed by atoms with E-state index < -0.39 is 5.54 Å². The predicted octanol–water partition coefficient (Wildman–Crippen LogP) is 5.09. The van der Waals surface area contributed by atoms with E-state index in [-0.39, 0.29) is 5.91 Å². The van der Waals surface area contributed by atoms with Crippen LogP contribution in [0.15, 0.2) is 78.9 Å². The van der Waals surface area contributed by atoms with Gasteiger partial charge in [0.2, 0.25) is 5.91 Å². The van der Waals surface area contributed by atoms with Crippen molar-refractivity contribution in [2.24, 2.45) is 0 Å². The summed E-state index contributed by atoms with van der Waals surface area (Å²) in [6.45, 7) is 3.62. The third-order valence-corrected chi connectivity index (χ3v) is 5.66. The number of amides is 1. The molecule has 154 valence electrons. The van der Waals surface area contributed by atoms with Crippen LogP contribution >= 0.6 is 0 Å². The number of rotatable bonds is 7. The Morgan fingerprint density at radius 3 is 2.37 bits per heavy atom. The smallest absolute Gasteiger partial charge is 0.244 e. The van der Waals surface area contributed by atoms with Crippen LogP contribution in [0.5, 0.6) is 17.2 Å². The molecule has 0 aromatic heterocycles. The van der Waals surface area contributed by atoms with Crippen molar-refractivity contribution in [3.63, 3.8) is 0 Å². The van der Waals surface area contributed by atoms with E-state index >= 15 is 0 Å². The Balaban J connectivity index is 1.40. The fourth-order valence-corrected chi connectivity index (χ4v) is 3.60. The first kappa shape index (κ1) is 20.0. The molecule has 5 nitrogen and oxygen atoms in total. The Hall–Kier alpha value is -3.31. The van der Waals surface area contributed by atoms with E-state index in [2.05, 4.69) is 10.2 Å². The van der Waals surface area contributed by atoms with Crippen molar-refractivity contribution in [2.75, 3.05) is 19.0 Å². The van der Waals surface area contributed by atoms with Gasteiger partial charge in [-0.2, -0.15) is 0 Å². The van der Waals surface area contributed by atoms with Crippen molar-refractivity contribution < 1.29 is 14.3 Å². The highest BCUT2D eigenvalue weighted by Crippen LogP contribution is 2.34. The number of hydrogen-bond donors (Lipinski definition) is 1. The molecule has 0 aliphatic carbocycles. The Kier molecular flexibility index (Phi) is 5.72. The van der Waals surface area contributed by atoms with Crippen LogP contribution in [0.25, 0.3) is 0 Å². The zero-order chi connectivity index (χ0) is 21.0. The molecule has 1 unspecified atom stereocenters. The second kappa shape index (κ2) is 8.59. The number of likely N-dealkylation sites (tertiary alicyclic amines) is 1. The molecule has 0 bridgehead atoms. The maximum Gasteiger partial charge on any atom is 0.244 e. The molecule has 1 aliphatic heterocycles. The lowest BCUT2D eigenvalue weighted by Gasteiger charge is -2.49. The van der Waals surface area contributed by atoms with Crippen LogP contribution in [0, 0.1) is 0 Å². The molecule has 0 saturated carbocycles. The fourth-order valence-electron chi connectivity index (χ4n) is 3.60. The van der Waals surface area contributed by atoms with Crippen LogP contribution in [0.1, 0.15) is 18.9 Å². The van der Waals surface area contributed by atoms with Gasteiger partial charge in [-0.25, -0.2) is 0 Å². The third kappa shape index (κ3) is 4.31. The number of methoxy groups -OCH3 is 1. The van der Waals surface area contributed by atoms with E-state index in [0.717, 1.165) is 42.3 Å². The number of ether oxygens (including phenoxy) is 2. The largest absolute Gasteiger partial charge is 0.497 e. The predicted molar refractivity (Wildman–Crippen MR) is 118 cm³/mol. The van der Waals surface area contributed by atoms with Gasteiger partial charge < -0.3 is 14.8 Å². The maximum absolute atomic E-state index is 13.1. The van der Waals surface area contributed by atoms with Crippen molar-refractivity contribution in [2.45, 2.75) is 25.4 Å². The standard InChI is InChI=1S/C25H26N2O3/c1-25(15-16-27(25)18-19-11-13-21(29-2)14-12-19)24(28)26-20-7-6-10-23(17-20)30-22-8-4-3-5-9-22/h3-14,17H,15-16,18H2,1-2H3,(H,26,28). The molecule has 30 heavy (non-hydrogen) atoms. The second-order valence-electron chi connectivity index (χ2n) is 7.69. The summed E-state index contributed by atoms with van der Waals surface area (Å²) < 4.78 is 11.1. The summed E-state index contributed by atoms with van der Waals surface area (Å²) in [6.07, 6.45) is 0.829. The van der Waals surface area contributed by atoms with Crippen molar-refractivity contribution in [1.29, 1.82) is 0 Å². The number of nitrogens with zero attached hydrogens (tertiary/aromatic N) is 1. The van der Waals surface area contributed by atoms with E-state index in [9.17, 15) is 4.79 Å². The van der Waals surface area contributed by atoms with Gasteiger partial charge in [0.05, 0.1) is 12.6 Å². The lowest BCUT2D eigenvalue weighted by atomic mass is 9.85. The van der Waals surface area contributed by atoms with Gasteiger partial charge in [0.1, 0.15) is 17.2 Å². The highest BCUT2D eigenvalue weighted by molar-refractivity contribution is 5.98. The number of carbonyl (C=O) groups is 1. The SMILES string of the molecule is COc1ccc(CN2CCC2(C)C(=O)Nc2cccc(Oc3ccccc3)c2)cc1. The summed E-state index contributed by atoms with van der Waals surface area (Å²) in [5, 5.41) is 3.06. The number of hydrogen-bond acceptors (Lipinski definition) is 4. The van der Waals surface area contributed by atoms with Crippen molar-refractivity contribution in [3.05, 3.63) is 84.4 Å². The fraction of sp³-hybridized carbons (Fsp3) is 0.240. The van der Waals surface area contributed by atoms with Crippen LogP contribution in [0.4, 0.5) is 5.69 Å². The van der Waals surface area contributed by atoms with Crippen LogP contribution in [-0.4, -0.2) is 30.0 Å². The molecule has 4 rings (SSSR count). The molecule has 1 N–H and O–H groups in total. The summed E-state index contributed by atoms with van der Waals surface area (Å²) in [5.74, 6) is 2.28. The van der Waals surface area contributed by atoms with E-state index in [1.165, 1.54) is 0 Å². The van der Waals surface area contributed by atoms with Crippen molar-refractivity contribution in [3.8, 4) is 17.2 Å². The summed E-state index contributed by atoms with van der Waals surface area (Å²) in [5.41, 5.74) is 1.36. The molecule has 3 aromatic rings. The first-order chi connectivity index (χ1) is 14.6. The molecule has 3 aromatic carbocycles. The molecule has 1 atom stereocenters. The third-order valence-electron chi connectivity index (χ3n) is 5.66. The zero-order valence-corrected chi connectivity index (χ0v) is 17.3. The summed E-state index contributed by atoms with van der Waals surface area (Å²) >= 11 is 0.